The van der Waals surface area contributed by atoms with Crippen LogP contribution in [-0.4, -0.2) is 53.7 Å². The number of hydrogen-bond acceptors (Lipinski definition) is 7. The molecule has 1 aromatic rings. The number of fused-ring (bicyclic) bond motifs is 1. The van der Waals surface area contributed by atoms with Crippen molar-refractivity contribution in [2.45, 2.75) is 43.7 Å². The Morgan fingerprint density at radius 1 is 1.23 bits per heavy atom. The van der Waals surface area contributed by atoms with Gasteiger partial charge >= 0.3 is 12.1 Å². The highest BCUT2D eigenvalue weighted by atomic mass is 16.6. The second-order valence-electron chi connectivity index (χ2n) is 6.64. The molecule has 8 nitrogen and oxygen atoms in total. The van der Waals surface area contributed by atoms with Crippen LogP contribution >= 0.6 is 0 Å². The summed E-state index contributed by atoms with van der Waals surface area (Å²) in [6.45, 7) is 6.45. The number of amides is 1. The molecule has 0 atom stereocenters. The van der Waals surface area contributed by atoms with Gasteiger partial charge < -0.3 is 24.1 Å². The van der Waals surface area contributed by atoms with Crippen LogP contribution in [0.25, 0.3) is 0 Å². The SMILES string of the molecule is CC(C)c1nnc(N2CC3(C2)OC(=O)NC32CCOCC2)o1. The van der Waals surface area contributed by atoms with E-state index in [9.17, 15) is 4.79 Å². The molecule has 2 spiro atoms. The molecule has 4 rings (SSSR count). The zero-order valence-electron chi connectivity index (χ0n) is 12.8. The first-order valence-corrected chi connectivity index (χ1v) is 7.71. The van der Waals surface area contributed by atoms with E-state index in [0.717, 1.165) is 12.8 Å². The lowest BCUT2D eigenvalue weighted by molar-refractivity contribution is -0.0698. The monoisotopic (exact) mass is 308 g/mol. The molecule has 8 heteroatoms. The van der Waals surface area contributed by atoms with Crippen molar-refractivity contribution >= 4 is 12.1 Å². The molecule has 0 aromatic carbocycles. The quantitative estimate of drug-likeness (QED) is 0.873. The smallest absolute Gasteiger partial charge is 0.408 e. The number of aromatic nitrogens is 2. The highest BCUT2D eigenvalue weighted by Gasteiger charge is 2.67. The van der Waals surface area contributed by atoms with E-state index in [-0.39, 0.29) is 17.6 Å². The molecule has 0 unspecified atom stereocenters. The third-order valence-corrected chi connectivity index (χ3v) is 4.93. The fraction of sp³-hybridized carbons (Fsp3) is 0.786. The van der Waals surface area contributed by atoms with Crippen LogP contribution in [0.4, 0.5) is 10.8 Å². The van der Waals surface area contributed by atoms with Crippen LogP contribution in [0.1, 0.15) is 38.5 Å². The normalized spacial score (nSPS) is 25.4. The molecule has 0 aliphatic carbocycles. The minimum Gasteiger partial charge on any atom is -0.437 e. The van der Waals surface area contributed by atoms with Gasteiger partial charge in [0.05, 0.1) is 18.6 Å². The van der Waals surface area contributed by atoms with Crippen molar-refractivity contribution in [1.29, 1.82) is 0 Å². The number of carbonyl (C=O) groups excluding carboxylic acids is 1. The van der Waals surface area contributed by atoms with E-state index in [4.69, 9.17) is 13.9 Å². The lowest BCUT2D eigenvalue weighted by Crippen LogP contribution is -2.75. The predicted octanol–water partition coefficient (Wildman–Crippen LogP) is 1.04. The molecule has 3 fully saturated rings. The van der Waals surface area contributed by atoms with Gasteiger partial charge in [0.15, 0.2) is 5.60 Å². The first-order valence-electron chi connectivity index (χ1n) is 7.71. The molecular formula is C14H20N4O4. The Morgan fingerprint density at radius 2 is 1.95 bits per heavy atom. The van der Waals surface area contributed by atoms with Crippen LogP contribution in [0.5, 0.6) is 0 Å². The number of rotatable bonds is 2. The van der Waals surface area contributed by atoms with Crippen molar-refractivity contribution in [3.05, 3.63) is 5.89 Å². The van der Waals surface area contributed by atoms with E-state index in [0.29, 0.717) is 38.2 Å². The maximum atomic E-state index is 11.8. The Hall–Kier alpha value is -1.83. The van der Waals surface area contributed by atoms with Crippen molar-refractivity contribution in [2.75, 3.05) is 31.2 Å². The van der Waals surface area contributed by atoms with Gasteiger partial charge in [-0.15, -0.1) is 5.10 Å². The summed E-state index contributed by atoms with van der Waals surface area (Å²) in [6, 6.07) is 0.500. The third-order valence-electron chi connectivity index (χ3n) is 4.93. The molecule has 1 N–H and O–H groups in total. The standard InChI is InChI=1S/C14H20N4O4/c1-9(2)10-16-17-11(21-10)18-7-14(8-18)13(15-12(19)22-14)3-5-20-6-4-13/h9H,3-8H2,1-2H3,(H,15,19). The number of ether oxygens (including phenoxy) is 2. The summed E-state index contributed by atoms with van der Waals surface area (Å²) in [5.41, 5.74) is -0.847. The van der Waals surface area contributed by atoms with Gasteiger partial charge in [0.25, 0.3) is 0 Å². The summed E-state index contributed by atoms with van der Waals surface area (Å²) >= 11 is 0. The average Bonchev–Trinajstić information content (AvgIpc) is 3.01. The van der Waals surface area contributed by atoms with Gasteiger partial charge in [-0.3, -0.25) is 0 Å². The van der Waals surface area contributed by atoms with Gasteiger partial charge in [-0.2, -0.15) is 0 Å². The second-order valence-corrected chi connectivity index (χ2v) is 6.64. The van der Waals surface area contributed by atoms with E-state index in [1.165, 1.54) is 0 Å². The summed E-state index contributed by atoms with van der Waals surface area (Å²) in [5.74, 6) is 0.822. The molecule has 0 radical (unpaired) electrons. The summed E-state index contributed by atoms with van der Waals surface area (Å²) in [7, 11) is 0. The number of carbonyl (C=O) groups is 1. The van der Waals surface area contributed by atoms with Crippen LogP contribution in [0.15, 0.2) is 4.42 Å². The lowest BCUT2D eigenvalue weighted by atomic mass is 9.70. The zero-order valence-corrected chi connectivity index (χ0v) is 12.8. The molecule has 4 heterocycles. The number of anilines is 1. The predicted molar refractivity (Wildman–Crippen MR) is 75.7 cm³/mol. The van der Waals surface area contributed by atoms with Crippen LogP contribution in [0.2, 0.25) is 0 Å². The molecule has 3 aliphatic heterocycles. The van der Waals surface area contributed by atoms with E-state index < -0.39 is 5.60 Å². The van der Waals surface area contributed by atoms with Crippen molar-refractivity contribution in [1.82, 2.24) is 15.5 Å². The van der Waals surface area contributed by atoms with Crippen LogP contribution in [-0.2, 0) is 9.47 Å². The Morgan fingerprint density at radius 3 is 2.59 bits per heavy atom. The highest BCUT2D eigenvalue weighted by molar-refractivity contribution is 5.74. The van der Waals surface area contributed by atoms with E-state index >= 15 is 0 Å². The minimum absolute atomic E-state index is 0.198. The van der Waals surface area contributed by atoms with Crippen molar-refractivity contribution in [2.24, 2.45) is 0 Å². The summed E-state index contributed by atoms with van der Waals surface area (Å²) in [6.07, 6.45) is 1.20. The first kappa shape index (κ1) is 13.8. The number of nitrogens with zero attached hydrogens (tertiary/aromatic N) is 3. The fourth-order valence-electron chi connectivity index (χ4n) is 3.57. The van der Waals surface area contributed by atoms with Crippen molar-refractivity contribution in [3.8, 4) is 0 Å². The third kappa shape index (κ3) is 1.83. The Kier molecular flexibility index (Phi) is 2.87. The molecule has 3 aliphatic rings. The Bertz CT molecular complexity index is 587. The number of hydrogen-bond donors (Lipinski definition) is 1. The minimum atomic E-state index is -0.514. The zero-order chi connectivity index (χ0) is 15.4. The lowest BCUT2D eigenvalue weighted by Gasteiger charge is -2.54. The van der Waals surface area contributed by atoms with Gasteiger partial charge in [-0.05, 0) is 12.8 Å². The van der Waals surface area contributed by atoms with Crippen molar-refractivity contribution < 1.29 is 18.7 Å². The first-order chi connectivity index (χ1) is 10.5. The van der Waals surface area contributed by atoms with E-state index in [1.54, 1.807) is 0 Å². The largest absolute Gasteiger partial charge is 0.437 e. The molecule has 22 heavy (non-hydrogen) atoms. The van der Waals surface area contributed by atoms with Gasteiger partial charge in [-0.1, -0.05) is 18.9 Å². The molecule has 0 saturated carbocycles. The van der Waals surface area contributed by atoms with Gasteiger partial charge in [0.2, 0.25) is 5.89 Å². The molecule has 1 amide bonds. The number of alkyl carbamates (subject to hydrolysis) is 1. The fourth-order valence-corrected chi connectivity index (χ4v) is 3.57. The molecular weight excluding hydrogens is 288 g/mol. The maximum Gasteiger partial charge on any atom is 0.408 e. The van der Waals surface area contributed by atoms with Gasteiger partial charge in [0, 0.05) is 19.1 Å². The molecule has 0 bridgehead atoms. The number of nitrogens with one attached hydrogen (secondary N) is 1. The molecule has 1 aromatic heterocycles. The van der Waals surface area contributed by atoms with E-state index in [1.807, 2.05) is 18.7 Å². The molecule has 120 valence electrons. The maximum absolute atomic E-state index is 11.8. The summed E-state index contributed by atoms with van der Waals surface area (Å²) in [4.78, 5) is 13.8. The summed E-state index contributed by atoms with van der Waals surface area (Å²) in [5, 5.41) is 11.2. The highest BCUT2D eigenvalue weighted by Crippen LogP contribution is 2.46. The van der Waals surface area contributed by atoms with Gasteiger partial charge in [-0.25, -0.2) is 4.79 Å². The van der Waals surface area contributed by atoms with Crippen LogP contribution in [0.3, 0.4) is 0 Å². The second kappa shape index (κ2) is 4.58. The topological polar surface area (TPSA) is 89.7 Å². The Labute approximate surface area is 128 Å². The van der Waals surface area contributed by atoms with Crippen LogP contribution < -0.4 is 10.2 Å². The summed E-state index contributed by atoms with van der Waals surface area (Å²) < 4.78 is 16.8. The van der Waals surface area contributed by atoms with Crippen LogP contribution in [0, 0.1) is 0 Å². The average molecular weight is 308 g/mol. The Balaban J connectivity index is 1.53. The van der Waals surface area contributed by atoms with E-state index in [2.05, 4.69) is 15.5 Å². The molecule has 3 saturated heterocycles. The van der Waals surface area contributed by atoms with Crippen molar-refractivity contribution in [3.63, 3.8) is 0 Å². The van der Waals surface area contributed by atoms with Gasteiger partial charge in [0.1, 0.15) is 0 Å².